The van der Waals surface area contributed by atoms with Crippen LogP contribution in [0.1, 0.15) is 20.7 Å². The van der Waals surface area contributed by atoms with Crippen molar-refractivity contribution in [1.82, 2.24) is 9.97 Å². The van der Waals surface area contributed by atoms with E-state index >= 15 is 0 Å². The van der Waals surface area contributed by atoms with Crippen LogP contribution in [0.5, 0.6) is 0 Å². The van der Waals surface area contributed by atoms with Gasteiger partial charge in [-0.15, -0.1) is 0 Å². The molecule has 0 unspecified atom stereocenters. The number of fused-ring (bicyclic) bond motifs is 2. The molecule has 6 heteroatoms. The molecule has 0 amide bonds. The van der Waals surface area contributed by atoms with Gasteiger partial charge in [0.2, 0.25) is 0 Å². The van der Waals surface area contributed by atoms with Gasteiger partial charge in [0, 0.05) is 21.9 Å². The predicted octanol–water partition coefficient (Wildman–Crippen LogP) is 5.21. The van der Waals surface area contributed by atoms with Crippen molar-refractivity contribution >= 4 is 55.5 Å². The molecule has 0 radical (unpaired) electrons. The number of nitrogens with zero attached hydrogens (tertiary/aromatic N) is 2. The van der Waals surface area contributed by atoms with Crippen LogP contribution in [0.4, 0.5) is 0 Å². The molecule has 4 rings (SSSR count). The second-order valence-electron chi connectivity index (χ2n) is 5.69. The van der Waals surface area contributed by atoms with Crippen LogP contribution >= 0.6 is 23.2 Å². The van der Waals surface area contributed by atoms with Gasteiger partial charge in [0.05, 0.1) is 22.4 Å². The number of carbonyl (C=O) groups excluding carboxylic acids is 2. The maximum Gasteiger partial charge on any atom is 0.253 e. The molecular formula is C20H10Cl2N2O2. The lowest BCUT2D eigenvalue weighted by Gasteiger charge is -2.09. The Bertz CT molecular complexity index is 1110. The van der Waals surface area contributed by atoms with E-state index in [1.54, 1.807) is 36.4 Å². The van der Waals surface area contributed by atoms with Gasteiger partial charge in [-0.05, 0) is 47.5 Å². The maximum atomic E-state index is 11.9. The normalized spacial score (nSPS) is 11.0. The first-order valence-corrected chi connectivity index (χ1v) is 8.50. The zero-order chi connectivity index (χ0) is 18.3. The van der Waals surface area contributed by atoms with Crippen LogP contribution in [-0.4, -0.2) is 20.5 Å². The molecule has 2 aromatic carbocycles. The fourth-order valence-electron chi connectivity index (χ4n) is 2.94. The molecular weight excluding hydrogens is 371 g/mol. The number of aromatic nitrogens is 2. The Morgan fingerprint density at radius 3 is 1.42 bits per heavy atom. The number of hydrogen-bond donors (Lipinski definition) is 0. The Balaban J connectivity index is 2.04. The van der Waals surface area contributed by atoms with E-state index in [2.05, 4.69) is 9.97 Å². The number of benzene rings is 2. The lowest BCUT2D eigenvalue weighted by molar-refractivity contribution is 0.107. The molecule has 0 bridgehead atoms. The summed E-state index contributed by atoms with van der Waals surface area (Å²) in [5, 5.41) is 0.148. The molecule has 2 heterocycles. The zero-order valence-electron chi connectivity index (χ0n) is 13.2. The van der Waals surface area contributed by atoms with Crippen molar-refractivity contribution in [2.45, 2.75) is 0 Å². The fourth-order valence-corrected chi connectivity index (χ4v) is 3.25. The molecule has 126 valence electrons. The predicted molar refractivity (Wildman–Crippen MR) is 103 cm³/mol. The maximum absolute atomic E-state index is 11.9. The van der Waals surface area contributed by atoms with Crippen molar-refractivity contribution in [3.8, 4) is 11.4 Å². The van der Waals surface area contributed by atoms with E-state index in [-0.39, 0.29) is 0 Å². The minimum Gasteiger partial charge on any atom is -0.276 e. The fraction of sp³-hybridized carbons (Fsp3) is 0. The lowest BCUT2D eigenvalue weighted by atomic mass is 10.0. The van der Waals surface area contributed by atoms with Crippen molar-refractivity contribution in [1.29, 1.82) is 0 Å². The van der Waals surface area contributed by atoms with Crippen molar-refractivity contribution in [2.75, 3.05) is 0 Å². The highest BCUT2D eigenvalue weighted by Crippen LogP contribution is 2.28. The molecule has 2 aromatic heterocycles. The van der Waals surface area contributed by atoms with Gasteiger partial charge in [-0.1, -0.05) is 36.4 Å². The van der Waals surface area contributed by atoms with Gasteiger partial charge in [-0.3, -0.25) is 9.59 Å². The van der Waals surface area contributed by atoms with E-state index in [0.717, 1.165) is 0 Å². The summed E-state index contributed by atoms with van der Waals surface area (Å²) < 4.78 is 0. The molecule has 0 N–H and O–H groups in total. The van der Waals surface area contributed by atoms with Gasteiger partial charge in [-0.25, -0.2) is 9.97 Å². The largest absolute Gasteiger partial charge is 0.276 e. The van der Waals surface area contributed by atoms with Gasteiger partial charge in [0.25, 0.3) is 10.5 Å². The molecule has 0 fully saturated rings. The average Bonchev–Trinajstić information content (AvgIpc) is 2.66. The molecule has 0 aliphatic rings. The Hall–Kier alpha value is -2.82. The smallest absolute Gasteiger partial charge is 0.253 e. The van der Waals surface area contributed by atoms with Crippen LogP contribution in [0.3, 0.4) is 0 Å². The molecule has 4 nitrogen and oxygen atoms in total. The summed E-state index contributed by atoms with van der Waals surface area (Å²) in [4.78, 5) is 32.9. The Labute approximate surface area is 158 Å². The summed E-state index contributed by atoms with van der Waals surface area (Å²) >= 11 is 11.5. The SMILES string of the molecule is O=C(Cl)c1cc(-c2cc(C(=O)Cl)c3ccccc3n2)nc2ccccc12. The van der Waals surface area contributed by atoms with Crippen LogP contribution in [0, 0.1) is 0 Å². The third-order valence-electron chi connectivity index (χ3n) is 4.12. The molecule has 0 aliphatic carbocycles. The van der Waals surface area contributed by atoms with E-state index in [9.17, 15) is 9.59 Å². The second-order valence-corrected chi connectivity index (χ2v) is 6.38. The number of carbonyl (C=O) groups is 2. The van der Waals surface area contributed by atoms with Crippen molar-refractivity contribution in [3.05, 3.63) is 71.8 Å². The van der Waals surface area contributed by atoms with Crippen molar-refractivity contribution in [2.24, 2.45) is 0 Å². The molecule has 0 saturated heterocycles. The van der Waals surface area contributed by atoms with Crippen molar-refractivity contribution in [3.63, 3.8) is 0 Å². The highest BCUT2D eigenvalue weighted by atomic mass is 35.5. The molecule has 0 atom stereocenters. The number of halogens is 2. The quantitative estimate of drug-likeness (QED) is 0.457. The average molecular weight is 381 g/mol. The van der Waals surface area contributed by atoms with E-state index < -0.39 is 10.5 Å². The van der Waals surface area contributed by atoms with Crippen LogP contribution in [0.2, 0.25) is 0 Å². The first kappa shape index (κ1) is 16.6. The topological polar surface area (TPSA) is 59.9 Å². The third kappa shape index (κ3) is 2.83. The van der Waals surface area contributed by atoms with Crippen LogP contribution in [0.25, 0.3) is 33.2 Å². The van der Waals surface area contributed by atoms with Gasteiger partial charge in [0.15, 0.2) is 0 Å². The molecule has 4 aromatic rings. The minimum atomic E-state index is -0.584. The number of rotatable bonds is 3. The van der Waals surface area contributed by atoms with Crippen LogP contribution in [0.15, 0.2) is 60.7 Å². The number of para-hydroxylation sites is 2. The van der Waals surface area contributed by atoms with E-state index in [4.69, 9.17) is 23.2 Å². The van der Waals surface area contributed by atoms with Crippen molar-refractivity contribution < 1.29 is 9.59 Å². The third-order valence-corrected chi connectivity index (χ3v) is 4.53. The summed E-state index contributed by atoms with van der Waals surface area (Å²) in [5.74, 6) is 0. The minimum absolute atomic E-state index is 0.334. The lowest BCUT2D eigenvalue weighted by Crippen LogP contribution is -1.99. The first-order valence-electron chi connectivity index (χ1n) is 7.74. The van der Waals surface area contributed by atoms with Crippen LogP contribution < -0.4 is 0 Å². The summed E-state index contributed by atoms with van der Waals surface area (Å²) in [6.45, 7) is 0. The second kappa shape index (κ2) is 6.48. The number of pyridine rings is 2. The summed E-state index contributed by atoms with van der Waals surface area (Å²) in [7, 11) is 0. The summed E-state index contributed by atoms with van der Waals surface area (Å²) in [6, 6.07) is 17.6. The Morgan fingerprint density at radius 1 is 0.654 bits per heavy atom. The zero-order valence-corrected chi connectivity index (χ0v) is 14.8. The van der Waals surface area contributed by atoms with Gasteiger partial charge in [-0.2, -0.15) is 0 Å². The molecule has 0 aliphatic heterocycles. The standard InChI is InChI=1S/C20H10Cl2N2O2/c21-19(25)13-9-17(23-15-7-3-1-5-11(13)15)18-10-14(20(22)26)12-6-2-4-8-16(12)24-18/h1-10H. The Morgan fingerprint density at radius 2 is 1.04 bits per heavy atom. The summed E-state index contributed by atoms with van der Waals surface area (Å²) in [5.41, 5.74) is 2.78. The molecule has 0 spiro atoms. The number of hydrogen-bond acceptors (Lipinski definition) is 4. The highest BCUT2D eigenvalue weighted by Gasteiger charge is 2.16. The highest BCUT2D eigenvalue weighted by molar-refractivity contribution is 6.69. The Kier molecular flexibility index (Phi) is 4.15. The van der Waals surface area contributed by atoms with Gasteiger partial charge >= 0.3 is 0 Å². The molecule has 26 heavy (non-hydrogen) atoms. The monoisotopic (exact) mass is 380 g/mol. The summed E-state index contributed by atoms with van der Waals surface area (Å²) in [6.07, 6.45) is 0. The molecule has 0 saturated carbocycles. The van der Waals surface area contributed by atoms with Gasteiger partial charge in [0.1, 0.15) is 0 Å². The van der Waals surface area contributed by atoms with E-state index in [1.807, 2.05) is 24.3 Å². The van der Waals surface area contributed by atoms with E-state index in [1.165, 1.54) is 0 Å². The van der Waals surface area contributed by atoms with Crippen LogP contribution in [-0.2, 0) is 0 Å². The first-order chi connectivity index (χ1) is 12.5. The van der Waals surface area contributed by atoms with E-state index in [0.29, 0.717) is 44.3 Å². The van der Waals surface area contributed by atoms with Gasteiger partial charge < -0.3 is 0 Å².